The quantitative estimate of drug-likeness (QED) is 0.782. The summed E-state index contributed by atoms with van der Waals surface area (Å²) in [5.74, 6) is 0.346. The van der Waals surface area contributed by atoms with Crippen molar-refractivity contribution in [3.8, 4) is 0 Å². The van der Waals surface area contributed by atoms with E-state index in [0.717, 1.165) is 18.5 Å². The number of rotatable bonds is 4. The lowest BCUT2D eigenvalue weighted by Gasteiger charge is -2.27. The molecule has 0 saturated carbocycles. The monoisotopic (exact) mass is 299 g/mol. The van der Waals surface area contributed by atoms with Gasteiger partial charge in [-0.05, 0) is 49.6 Å². The van der Waals surface area contributed by atoms with E-state index in [1.165, 1.54) is 37.9 Å². The molecule has 2 aliphatic heterocycles. The molecule has 1 saturated heterocycles. The molecule has 1 aromatic rings. The molecule has 1 unspecified atom stereocenters. The molecule has 0 aromatic heterocycles. The Morgan fingerprint density at radius 1 is 1.14 bits per heavy atom. The van der Waals surface area contributed by atoms with E-state index in [9.17, 15) is 0 Å². The fraction of sp³-hybridized carbons (Fsp3) is 0.471. The minimum absolute atomic E-state index is 0.346. The lowest BCUT2D eigenvalue weighted by molar-refractivity contribution is 0.231. The van der Waals surface area contributed by atoms with E-state index in [4.69, 9.17) is 11.5 Å². The maximum atomic E-state index is 6.31. The maximum Gasteiger partial charge on any atom is 0.195 e. The minimum atomic E-state index is -0.860. The highest BCUT2D eigenvalue weighted by Gasteiger charge is 2.25. The molecule has 1 fully saturated rings. The Morgan fingerprint density at radius 3 is 2.55 bits per heavy atom. The van der Waals surface area contributed by atoms with Gasteiger partial charge >= 0.3 is 0 Å². The zero-order chi connectivity index (χ0) is 15.4. The third-order valence-corrected chi connectivity index (χ3v) is 4.46. The number of nitrogens with one attached hydrogen (secondary N) is 1. The fourth-order valence-electron chi connectivity index (χ4n) is 3.09. The van der Waals surface area contributed by atoms with Crippen molar-refractivity contribution in [3.63, 3.8) is 0 Å². The van der Waals surface area contributed by atoms with Gasteiger partial charge in [-0.15, -0.1) is 0 Å². The maximum absolute atomic E-state index is 6.31. The van der Waals surface area contributed by atoms with Crippen LogP contribution in [0.4, 0.5) is 0 Å². The number of likely N-dealkylation sites (tertiary alicyclic amines) is 1. The van der Waals surface area contributed by atoms with Crippen molar-refractivity contribution in [2.24, 2.45) is 16.5 Å². The normalized spacial score (nSPS) is 25.6. The van der Waals surface area contributed by atoms with Gasteiger partial charge < -0.3 is 16.0 Å². The van der Waals surface area contributed by atoms with Crippen molar-refractivity contribution in [2.45, 2.75) is 31.3 Å². The van der Waals surface area contributed by atoms with Crippen LogP contribution >= 0.6 is 0 Å². The first-order valence-electron chi connectivity index (χ1n) is 8.06. The first kappa shape index (κ1) is 15.1. The van der Waals surface area contributed by atoms with Crippen LogP contribution in [-0.2, 0) is 12.1 Å². The molecule has 5 nitrogen and oxygen atoms in total. The summed E-state index contributed by atoms with van der Waals surface area (Å²) >= 11 is 0. The van der Waals surface area contributed by atoms with Crippen molar-refractivity contribution in [1.29, 1.82) is 0 Å². The number of nitrogens with zero attached hydrogens (tertiary/aromatic N) is 2. The van der Waals surface area contributed by atoms with Gasteiger partial charge in [0.25, 0.3) is 0 Å². The summed E-state index contributed by atoms with van der Waals surface area (Å²) in [5.41, 5.74) is 13.5. The molecule has 118 valence electrons. The molecule has 3 rings (SSSR count). The van der Waals surface area contributed by atoms with Gasteiger partial charge in [0.05, 0.1) is 0 Å². The zero-order valence-corrected chi connectivity index (χ0v) is 13.0. The van der Waals surface area contributed by atoms with Crippen molar-refractivity contribution < 1.29 is 0 Å². The summed E-state index contributed by atoms with van der Waals surface area (Å²) in [4.78, 5) is 6.86. The van der Waals surface area contributed by atoms with Gasteiger partial charge in [-0.2, -0.15) is 0 Å². The van der Waals surface area contributed by atoms with Crippen molar-refractivity contribution in [3.05, 3.63) is 47.7 Å². The van der Waals surface area contributed by atoms with Crippen LogP contribution in [0.15, 0.2) is 41.5 Å². The number of piperidine rings is 1. The predicted molar refractivity (Wildman–Crippen MR) is 90.2 cm³/mol. The summed E-state index contributed by atoms with van der Waals surface area (Å²) in [6.45, 7) is 3.63. The van der Waals surface area contributed by atoms with Gasteiger partial charge in [0.15, 0.2) is 11.6 Å². The summed E-state index contributed by atoms with van der Waals surface area (Å²) < 4.78 is 0. The standard InChI is InChI=1S/C17H25N5/c18-16-20-10-9-17(19,21-16)15-6-4-14(5-7-15)8-13-22-11-2-1-3-12-22/h4-7,9-10H,1-3,8,11-13,19H2,(H3,18,20,21). The zero-order valence-electron chi connectivity index (χ0n) is 13.0. The molecule has 0 spiro atoms. The Balaban J connectivity index is 1.62. The lowest BCUT2D eigenvalue weighted by Crippen LogP contribution is -2.42. The van der Waals surface area contributed by atoms with Crippen LogP contribution in [-0.4, -0.2) is 30.5 Å². The largest absolute Gasteiger partial charge is 0.370 e. The summed E-state index contributed by atoms with van der Waals surface area (Å²) in [6, 6.07) is 8.40. The highest BCUT2D eigenvalue weighted by molar-refractivity contribution is 5.80. The average molecular weight is 299 g/mol. The van der Waals surface area contributed by atoms with Crippen LogP contribution < -0.4 is 16.8 Å². The molecule has 5 heteroatoms. The number of benzene rings is 1. The number of aliphatic imine (C=N–C) groups is 1. The second-order valence-corrected chi connectivity index (χ2v) is 6.15. The van der Waals surface area contributed by atoms with E-state index in [0.29, 0.717) is 5.96 Å². The topological polar surface area (TPSA) is 79.7 Å². The molecule has 5 N–H and O–H groups in total. The van der Waals surface area contributed by atoms with Gasteiger partial charge in [0.2, 0.25) is 0 Å². The third-order valence-electron chi connectivity index (χ3n) is 4.46. The Labute approximate surface area is 132 Å². The highest BCUT2D eigenvalue weighted by atomic mass is 15.2. The first-order chi connectivity index (χ1) is 10.7. The molecular weight excluding hydrogens is 274 g/mol. The van der Waals surface area contributed by atoms with Gasteiger partial charge in [-0.1, -0.05) is 30.7 Å². The second-order valence-electron chi connectivity index (χ2n) is 6.15. The average Bonchev–Trinajstić information content (AvgIpc) is 2.54. The van der Waals surface area contributed by atoms with Gasteiger partial charge in [-0.25, -0.2) is 4.99 Å². The highest BCUT2D eigenvalue weighted by Crippen LogP contribution is 2.23. The van der Waals surface area contributed by atoms with Gasteiger partial charge in [0, 0.05) is 12.7 Å². The van der Waals surface area contributed by atoms with Gasteiger partial charge in [0.1, 0.15) is 0 Å². The van der Waals surface area contributed by atoms with Crippen molar-refractivity contribution >= 4 is 5.96 Å². The molecule has 0 radical (unpaired) electrons. The second kappa shape index (κ2) is 6.50. The van der Waals surface area contributed by atoms with Gasteiger partial charge in [-0.3, -0.25) is 5.73 Å². The molecule has 1 aromatic carbocycles. The number of guanidine groups is 1. The molecule has 1 atom stereocenters. The number of hydrogen-bond acceptors (Lipinski definition) is 5. The molecule has 2 heterocycles. The number of nitrogens with two attached hydrogens (primary N) is 2. The SMILES string of the molecule is NC1=NC(N)(c2ccc(CCN3CCCCC3)cc2)C=CN1. The van der Waals surface area contributed by atoms with Crippen molar-refractivity contribution in [2.75, 3.05) is 19.6 Å². The van der Waals surface area contributed by atoms with Crippen LogP contribution in [0.25, 0.3) is 0 Å². The molecule has 0 aliphatic carbocycles. The Kier molecular flexibility index (Phi) is 4.45. The van der Waals surface area contributed by atoms with Crippen molar-refractivity contribution in [1.82, 2.24) is 10.2 Å². The molecule has 0 amide bonds. The molecule has 22 heavy (non-hydrogen) atoms. The van der Waals surface area contributed by atoms with Crippen LogP contribution in [0.5, 0.6) is 0 Å². The van der Waals surface area contributed by atoms with E-state index >= 15 is 0 Å². The molecular formula is C17H25N5. The smallest absolute Gasteiger partial charge is 0.195 e. The predicted octanol–water partition coefficient (Wildman–Crippen LogP) is 1.26. The molecule has 0 bridgehead atoms. The van der Waals surface area contributed by atoms with E-state index in [1.807, 2.05) is 6.08 Å². The lowest BCUT2D eigenvalue weighted by atomic mass is 9.98. The first-order valence-corrected chi connectivity index (χ1v) is 8.06. The van der Waals surface area contributed by atoms with Crippen LogP contribution in [0.2, 0.25) is 0 Å². The van der Waals surface area contributed by atoms with Crippen LogP contribution in [0.1, 0.15) is 30.4 Å². The fourth-order valence-corrected chi connectivity index (χ4v) is 3.09. The van der Waals surface area contributed by atoms with E-state index < -0.39 is 5.66 Å². The third kappa shape index (κ3) is 3.48. The van der Waals surface area contributed by atoms with Crippen LogP contribution in [0.3, 0.4) is 0 Å². The van der Waals surface area contributed by atoms with E-state index in [-0.39, 0.29) is 0 Å². The minimum Gasteiger partial charge on any atom is -0.370 e. The Bertz CT molecular complexity index is 557. The Hall–Kier alpha value is -1.85. The summed E-state index contributed by atoms with van der Waals surface area (Å²) in [7, 11) is 0. The van der Waals surface area contributed by atoms with Crippen LogP contribution in [0, 0.1) is 0 Å². The summed E-state index contributed by atoms with van der Waals surface area (Å²) in [5, 5.41) is 2.84. The Morgan fingerprint density at radius 2 is 1.86 bits per heavy atom. The number of hydrogen-bond donors (Lipinski definition) is 3. The van der Waals surface area contributed by atoms with E-state index in [1.54, 1.807) is 6.20 Å². The van der Waals surface area contributed by atoms with E-state index in [2.05, 4.69) is 39.5 Å². The molecule has 2 aliphatic rings. The summed E-state index contributed by atoms with van der Waals surface area (Å²) in [6.07, 6.45) is 8.72.